The molecule has 460 valence electrons. The zero-order valence-electron chi connectivity index (χ0n) is 50.8. The van der Waals surface area contributed by atoms with Gasteiger partial charge in [0.15, 0.2) is 0 Å². The number of nitrogens with two attached hydrogens (primary N) is 1. The molecule has 22 nitrogen and oxygen atoms in total. The third-order valence-corrected chi connectivity index (χ3v) is 15.3. The van der Waals surface area contributed by atoms with Crippen molar-refractivity contribution in [1.29, 1.82) is 0 Å². The third-order valence-electron chi connectivity index (χ3n) is 15.3. The number of nitrogens with one attached hydrogen (secondary N) is 12. The van der Waals surface area contributed by atoms with Gasteiger partial charge in [0.2, 0.25) is 53.2 Å². The number of hydrogen-bond acceptors (Lipinski definition) is 12. The number of carbonyl (C=O) groups is 9. The molecule has 84 heavy (non-hydrogen) atoms. The summed E-state index contributed by atoms with van der Waals surface area (Å²) in [6, 6.07) is 22.6. The predicted octanol–water partition coefficient (Wildman–Crippen LogP) is 2.35. The average Bonchev–Trinajstić information content (AvgIpc) is 4.07. The van der Waals surface area contributed by atoms with Crippen LogP contribution >= 0.6 is 0 Å². The van der Waals surface area contributed by atoms with Crippen LogP contribution in [0.15, 0.2) is 91.1 Å². The lowest BCUT2D eigenvalue weighted by atomic mass is 9.93. The topological polar surface area (TPSA) is 328 Å². The zero-order valence-corrected chi connectivity index (χ0v) is 50.8. The smallest absolute Gasteiger partial charge is 0.246 e. The van der Waals surface area contributed by atoms with Crippen LogP contribution in [-0.2, 0) is 62.4 Å². The highest BCUT2D eigenvalue weighted by atomic mass is 16.2. The molecule has 0 saturated heterocycles. The van der Waals surface area contributed by atoms with Gasteiger partial charge < -0.3 is 69.2 Å². The number of fused-ring (bicyclic) bond motifs is 1. The molecular formula is C62H93N13O9. The first-order valence-corrected chi connectivity index (χ1v) is 29.3. The Hall–Kier alpha value is -7.69. The molecule has 14 N–H and O–H groups in total. The van der Waals surface area contributed by atoms with E-state index in [-0.39, 0.29) is 38.1 Å². The van der Waals surface area contributed by atoms with Gasteiger partial charge in [0.1, 0.15) is 40.3 Å². The van der Waals surface area contributed by atoms with Crippen LogP contribution in [0.2, 0.25) is 0 Å². The largest absolute Gasteiger partial charge is 0.361 e. The summed E-state index contributed by atoms with van der Waals surface area (Å²) in [7, 11) is 0. The summed E-state index contributed by atoms with van der Waals surface area (Å²) >= 11 is 0. The fraction of sp³-hybridized carbons (Fsp3) is 0.532. The van der Waals surface area contributed by atoms with E-state index < -0.39 is 100.0 Å². The number of aromatic amines is 1. The van der Waals surface area contributed by atoms with Gasteiger partial charge >= 0.3 is 0 Å². The summed E-state index contributed by atoms with van der Waals surface area (Å²) in [5, 5.41) is 32.6. The molecule has 0 aliphatic carbocycles. The van der Waals surface area contributed by atoms with Crippen molar-refractivity contribution < 1.29 is 43.2 Å². The van der Waals surface area contributed by atoms with Crippen LogP contribution < -0.4 is 64.2 Å². The lowest BCUT2D eigenvalue weighted by Gasteiger charge is -2.35. The number of amides is 9. The second kappa shape index (κ2) is 33.0. The molecule has 9 amide bonds. The summed E-state index contributed by atoms with van der Waals surface area (Å²) in [6.07, 6.45) is 5.75. The molecule has 0 aliphatic rings. The molecule has 4 aromatic rings. The van der Waals surface area contributed by atoms with Crippen molar-refractivity contribution in [2.75, 3.05) is 39.3 Å². The molecule has 7 atom stereocenters. The van der Waals surface area contributed by atoms with E-state index in [1.807, 2.05) is 72.8 Å². The van der Waals surface area contributed by atoms with E-state index in [1.54, 1.807) is 46.0 Å². The second-order valence-corrected chi connectivity index (χ2v) is 22.8. The Bertz CT molecular complexity index is 2830. The molecule has 0 saturated carbocycles. The maximum Gasteiger partial charge on any atom is 0.246 e. The highest BCUT2D eigenvalue weighted by Gasteiger charge is 2.42. The first-order chi connectivity index (χ1) is 39.8. The number of carbonyl (C=O) groups excluding carboxylic acids is 9. The maximum absolute atomic E-state index is 14.5. The van der Waals surface area contributed by atoms with Crippen molar-refractivity contribution in [3.63, 3.8) is 0 Å². The van der Waals surface area contributed by atoms with Crippen LogP contribution in [0.4, 0.5) is 0 Å². The van der Waals surface area contributed by atoms with Crippen molar-refractivity contribution in [1.82, 2.24) is 63.5 Å². The first-order valence-electron chi connectivity index (χ1n) is 29.3. The van der Waals surface area contributed by atoms with Gasteiger partial charge in [-0.2, -0.15) is 0 Å². The number of H-pyrrole nitrogens is 1. The maximum atomic E-state index is 14.5. The van der Waals surface area contributed by atoms with E-state index in [2.05, 4.69) is 63.5 Å². The number of hydrogen-bond donors (Lipinski definition) is 13. The minimum Gasteiger partial charge on any atom is -0.361 e. The van der Waals surface area contributed by atoms with Gasteiger partial charge in [0, 0.05) is 49.5 Å². The Morgan fingerprint density at radius 1 is 0.536 bits per heavy atom. The molecule has 1 heterocycles. The van der Waals surface area contributed by atoms with Crippen LogP contribution in [0.1, 0.15) is 124 Å². The lowest BCUT2D eigenvalue weighted by Crippen LogP contribution is -2.66. The quantitative estimate of drug-likeness (QED) is 0.0292. The molecule has 4 rings (SSSR count). The lowest BCUT2D eigenvalue weighted by molar-refractivity contribution is -0.140. The van der Waals surface area contributed by atoms with Crippen LogP contribution in [0.25, 0.3) is 10.9 Å². The van der Waals surface area contributed by atoms with Gasteiger partial charge in [-0.05, 0) is 135 Å². The van der Waals surface area contributed by atoms with Crippen LogP contribution in [-0.4, -0.2) is 144 Å². The van der Waals surface area contributed by atoms with Crippen LogP contribution in [0.5, 0.6) is 0 Å². The normalized spacial score (nSPS) is 15.0. The summed E-state index contributed by atoms with van der Waals surface area (Å²) in [5.41, 5.74) is 2.83. The summed E-state index contributed by atoms with van der Waals surface area (Å²) in [6.45, 7) is 18.3. The monoisotopic (exact) mass is 1160 g/mol. The molecule has 0 bridgehead atoms. The van der Waals surface area contributed by atoms with Gasteiger partial charge in [0.25, 0.3) is 0 Å². The number of benzene rings is 3. The third kappa shape index (κ3) is 21.2. The highest BCUT2D eigenvalue weighted by Crippen LogP contribution is 2.21. The number of rotatable bonds is 36. The number of aromatic nitrogens is 1. The average molecular weight is 1160 g/mol. The molecule has 0 spiro atoms. The van der Waals surface area contributed by atoms with Gasteiger partial charge in [-0.1, -0.05) is 99.6 Å². The van der Waals surface area contributed by atoms with E-state index in [1.165, 1.54) is 41.5 Å². The Balaban J connectivity index is 1.40. The SMILES string of the molecule is CC[C@@](C)(NC(=O)[C@@H](Cc1ccccc1)NC(C)=O)C(=O)NC(C)(C)C(=O)N[C@@H](C)C(=O)N[C@@](C)(CC)C(=O)NCC(=O)N[C@H](Cc1c[nH]c2ccccc12)C(=O)N[C@@](C)(CC)C(=O)N[C@H](CNCCCNCCCCN)Cc1ccccc1. The molecule has 0 fully saturated rings. The van der Waals surface area contributed by atoms with Gasteiger partial charge in [-0.25, -0.2) is 0 Å². The fourth-order valence-corrected chi connectivity index (χ4v) is 9.12. The Morgan fingerprint density at radius 2 is 1.06 bits per heavy atom. The highest BCUT2D eigenvalue weighted by molar-refractivity contribution is 6.00. The van der Waals surface area contributed by atoms with Crippen molar-refractivity contribution >= 4 is 64.1 Å². The second-order valence-electron chi connectivity index (χ2n) is 22.8. The molecule has 1 aromatic heterocycles. The van der Waals surface area contributed by atoms with E-state index in [4.69, 9.17) is 5.73 Å². The molecule has 0 unspecified atom stereocenters. The predicted molar refractivity (Wildman–Crippen MR) is 326 cm³/mol. The standard InChI is InChI=1S/C62H93N13O9/c1-11-60(8,72-52(78)41(4)68-55(81)59(6,7)75-58(84)62(10,13-3)74-53(79)49(69-42(5)76)36-44-27-18-15-19-28-44)56(82)67-40-51(77)71-50(37-45-38-66-48-30-21-20-29-47(45)48)54(80)73-61(9,12-2)57(83)70-46(35-43-25-16-14-17-26-43)39-65-34-24-33-64-32-23-22-31-63/h14-21,25-30,38,41,46,49-50,64-66H,11-13,22-24,31-37,39-40,63H2,1-10H3,(H,67,82)(H,68,81)(H,69,76)(H,70,83)(H,71,77)(H,72,78)(H,73,80)(H,74,79)(H,75,84)/t41-,46-,49+,50+,60-,61-,62+/m0/s1. The van der Waals surface area contributed by atoms with Crippen molar-refractivity contribution in [3.05, 3.63) is 108 Å². The van der Waals surface area contributed by atoms with Gasteiger partial charge in [-0.3, -0.25) is 43.2 Å². The molecular weight excluding hydrogens is 1070 g/mol. The number of unbranched alkanes of at least 4 members (excludes halogenated alkanes) is 1. The Kier molecular flexibility index (Phi) is 27.0. The van der Waals surface area contributed by atoms with Crippen molar-refractivity contribution in [3.8, 4) is 0 Å². The van der Waals surface area contributed by atoms with E-state index in [0.29, 0.717) is 19.5 Å². The molecule has 0 aliphatic heterocycles. The van der Waals surface area contributed by atoms with Gasteiger partial charge in [0.05, 0.1) is 6.54 Å². The van der Waals surface area contributed by atoms with Crippen molar-refractivity contribution in [2.24, 2.45) is 5.73 Å². The van der Waals surface area contributed by atoms with Crippen LogP contribution in [0, 0.1) is 0 Å². The zero-order chi connectivity index (χ0) is 62.1. The van der Waals surface area contributed by atoms with Gasteiger partial charge in [-0.15, -0.1) is 0 Å². The van der Waals surface area contributed by atoms with E-state index >= 15 is 0 Å². The molecule has 3 aromatic carbocycles. The van der Waals surface area contributed by atoms with Crippen molar-refractivity contribution in [2.45, 2.75) is 173 Å². The molecule has 0 radical (unpaired) electrons. The van der Waals surface area contributed by atoms with E-state index in [0.717, 1.165) is 66.5 Å². The molecule has 22 heteroatoms. The summed E-state index contributed by atoms with van der Waals surface area (Å²) < 4.78 is 0. The van der Waals surface area contributed by atoms with Crippen LogP contribution in [0.3, 0.4) is 0 Å². The number of para-hydroxylation sites is 1. The fourth-order valence-electron chi connectivity index (χ4n) is 9.12. The minimum atomic E-state index is -1.62. The minimum absolute atomic E-state index is 0.0240. The summed E-state index contributed by atoms with van der Waals surface area (Å²) in [5.74, 6) is -5.71. The Labute approximate surface area is 495 Å². The summed E-state index contributed by atoms with van der Waals surface area (Å²) in [4.78, 5) is 127. The van der Waals surface area contributed by atoms with E-state index in [9.17, 15) is 43.2 Å². The Morgan fingerprint density at radius 3 is 1.65 bits per heavy atom. The first kappa shape index (κ1) is 68.8.